The fraction of sp³-hybridized carbons (Fsp3) is 0.267. The van der Waals surface area contributed by atoms with Crippen LogP contribution in [-0.4, -0.2) is 19.2 Å². The van der Waals surface area contributed by atoms with E-state index < -0.39 is 5.97 Å². The molecule has 2 aromatic rings. The highest BCUT2D eigenvalue weighted by Gasteiger charge is 2.15. The van der Waals surface area contributed by atoms with Gasteiger partial charge in [0.1, 0.15) is 0 Å². The molecule has 0 atom stereocenters. The van der Waals surface area contributed by atoms with Crippen LogP contribution >= 0.6 is 11.3 Å². The molecule has 0 amide bonds. The summed E-state index contributed by atoms with van der Waals surface area (Å²) < 4.78 is 11.1. The van der Waals surface area contributed by atoms with Crippen molar-refractivity contribution in [2.24, 2.45) is 0 Å². The number of nitrogens with one attached hydrogen (secondary N) is 1. The van der Waals surface area contributed by atoms with Crippen molar-refractivity contribution >= 4 is 23.0 Å². The van der Waals surface area contributed by atoms with Crippen molar-refractivity contribution in [3.05, 3.63) is 40.1 Å². The lowest BCUT2D eigenvalue weighted by atomic mass is 10.1. The van der Waals surface area contributed by atoms with Crippen LogP contribution in [-0.2, 0) is 6.54 Å². The van der Waals surface area contributed by atoms with E-state index in [1.54, 1.807) is 17.4 Å². The Morgan fingerprint density at radius 3 is 2.71 bits per heavy atom. The molecule has 0 saturated heterocycles. The predicted molar refractivity (Wildman–Crippen MR) is 78.0 cm³/mol. The van der Waals surface area contributed by atoms with Crippen LogP contribution in [0.2, 0.25) is 0 Å². The Hall–Kier alpha value is -2.21. The number of benzene rings is 1. The van der Waals surface area contributed by atoms with E-state index in [2.05, 4.69) is 5.32 Å². The molecule has 0 bridgehead atoms. The summed E-state index contributed by atoms with van der Waals surface area (Å²) in [6.07, 6.45) is 0.771. The second kappa shape index (κ2) is 6.05. The monoisotopic (exact) mass is 304 g/mol. The second-order valence-corrected chi connectivity index (χ2v) is 5.65. The van der Waals surface area contributed by atoms with E-state index in [4.69, 9.17) is 9.47 Å². The standard InChI is InChI=1S/C15H15NO4S/c17-15(18)11-7-13-14(20-5-2-4-19-13)8-12(11)16-9-10-3-1-6-21-10/h1,3,6-8,16H,2,4-5,9H2,(H,17,18)/p-1. The number of hydrogen-bond acceptors (Lipinski definition) is 6. The zero-order valence-electron chi connectivity index (χ0n) is 11.3. The molecular formula is C15H14NO4S-. The molecule has 0 spiro atoms. The summed E-state index contributed by atoms with van der Waals surface area (Å²) in [5.74, 6) is -0.223. The molecule has 1 N–H and O–H groups in total. The van der Waals surface area contributed by atoms with Gasteiger partial charge in [-0.3, -0.25) is 0 Å². The van der Waals surface area contributed by atoms with Crippen molar-refractivity contribution in [1.82, 2.24) is 0 Å². The first-order valence-electron chi connectivity index (χ1n) is 6.65. The topological polar surface area (TPSA) is 70.6 Å². The van der Waals surface area contributed by atoms with E-state index in [-0.39, 0.29) is 5.56 Å². The molecule has 1 aromatic carbocycles. The van der Waals surface area contributed by atoms with Gasteiger partial charge in [-0.25, -0.2) is 0 Å². The smallest absolute Gasteiger partial charge is 0.163 e. The average molecular weight is 304 g/mol. The number of aromatic carboxylic acids is 1. The summed E-state index contributed by atoms with van der Waals surface area (Å²) in [7, 11) is 0. The van der Waals surface area contributed by atoms with Crippen molar-refractivity contribution in [2.45, 2.75) is 13.0 Å². The van der Waals surface area contributed by atoms with Crippen molar-refractivity contribution in [3.8, 4) is 11.5 Å². The summed E-state index contributed by atoms with van der Waals surface area (Å²) in [6.45, 7) is 1.63. The molecule has 6 heteroatoms. The number of carboxylic acid groups (broad SMARTS) is 1. The Balaban J connectivity index is 1.89. The number of ether oxygens (including phenoxy) is 2. The third-order valence-electron chi connectivity index (χ3n) is 3.14. The van der Waals surface area contributed by atoms with Crippen molar-refractivity contribution in [2.75, 3.05) is 18.5 Å². The summed E-state index contributed by atoms with van der Waals surface area (Å²) >= 11 is 1.61. The minimum atomic E-state index is -1.24. The molecular weight excluding hydrogens is 290 g/mol. The van der Waals surface area contributed by atoms with Gasteiger partial charge in [-0.15, -0.1) is 11.3 Å². The molecule has 3 rings (SSSR count). The average Bonchev–Trinajstić information content (AvgIpc) is 2.88. The van der Waals surface area contributed by atoms with Gasteiger partial charge < -0.3 is 24.7 Å². The summed E-state index contributed by atoms with van der Waals surface area (Å²) in [4.78, 5) is 12.4. The van der Waals surface area contributed by atoms with E-state index in [1.807, 2.05) is 17.5 Å². The quantitative estimate of drug-likeness (QED) is 0.934. The molecule has 0 aliphatic carbocycles. The maximum atomic E-state index is 11.3. The van der Waals surface area contributed by atoms with E-state index >= 15 is 0 Å². The van der Waals surface area contributed by atoms with Crippen molar-refractivity contribution in [3.63, 3.8) is 0 Å². The molecule has 0 saturated carbocycles. The predicted octanol–water partition coefficient (Wildman–Crippen LogP) is 1.88. The van der Waals surface area contributed by atoms with Gasteiger partial charge >= 0.3 is 0 Å². The highest BCUT2D eigenvalue weighted by atomic mass is 32.1. The van der Waals surface area contributed by atoms with E-state index in [0.29, 0.717) is 36.9 Å². The normalized spacial score (nSPS) is 13.5. The van der Waals surface area contributed by atoms with Gasteiger partial charge in [-0.2, -0.15) is 0 Å². The molecule has 1 aromatic heterocycles. The number of hydrogen-bond donors (Lipinski definition) is 1. The summed E-state index contributed by atoms with van der Waals surface area (Å²) in [5, 5.41) is 16.4. The van der Waals surface area contributed by atoms with E-state index in [9.17, 15) is 9.90 Å². The molecule has 0 radical (unpaired) electrons. The van der Waals surface area contributed by atoms with Crippen LogP contribution in [0, 0.1) is 0 Å². The number of carbonyl (C=O) groups excluding carboxylic acids is 1. The fourth-order valence-corrected chi connectivity index (χ4v) is 2.76. The number of fused-ring (bicyclic) bond motifs is 1. The van der Waals surface area contributed by atoms with Crippen LogP contribution in [0.3, 0.4) is 0 Å². The SMILES string of the molecule is O=C([O-])c1cc2c(cc1NCc1cccs1)OCCCO2. The van der Waals surface area contributed by atoms with Gasteiger partial charge in [-0.1, -0.05) is 6.07 Å². The first kappa shape index (κ1) is 13.8. The fourth-order valence-electron chi connectivity index (χ4n) is 2.12. The second-order valence-electron chi connectivity index (χ2n) is 4.62. The van der Waals surface area contributed by atoms with Gasteiger partial charge in [0.25, 0.3) is 0 Å². The minimum Gasteiger partial charge on any atom is -0.545 e. The zero-order valence-corrected chi connectivity index (χ0v) is 12.1. The Bertz CT molecular complexity index is 639. The summed E-state index contributed by atoms with van der Waals surface area (Å²) in [5.41, 5.74) is 0.559. The van der Waals surface area contributed by atoms with Gasteiger partial charge in [0, 0.05) is 35.2 Å². The molecule has 5 nitrogen and oxygen atoms in total. The maximum Gasteiger partial charge on any atom is 0.163 e. The largest absolute Gasteiger partial charge is 0.545 e. The number of rotatable bonds is 4. The van der Waals surface area contributed by atoms with Crippen LogP contribution < -0.4 is 19.9 Å². The van der Waals surface area contributed by atoms with Crippen LogP contribution in [0.1, 0.15) is 21.7 Å². The Morgan fingerprint density at radius 1 is 1.29 bits per heavy atom. The van der Waals surface area contributed by atoms with E-state index in [1.165, 1.54) is 6.07 Å². The summed E-state index contributed by atoms with van der Waals surface area (Å²) in [6, 6.07) is 7.07. The lowest BCUT2D eigenvalue weighted by Crippen LogP contribution is -2.23. The third-order valence-corrected chi connectivity index (χ3v) is 4.02. The van der Waals surface area contributed by atoms with Gasteiger partial charge in [-0.05, 0) is 17.5 Å². The third kappa shape index (κ3) is 3.11. The minimum absolute atomic E-state index is 0.0795. The van der Waals surface area contributed by atoms with E-state index in [0.717, 1.165) is 11.3 Å². The highest BCUT2D eigenvalue weighted by Crippen LogP contribution is 2.35. The molecule has 110 valence electrons. The Labute approximate surface area is 126 Å². The number of carbonyl (C=O) groups is 1. The number of carboxylic acids is 1. The Kier molecular flexibility index (Phi) is 3.96. The van der Waals surface area contributed by atoms with Crippen LogP contribution in [0.4, 0.5) is 5.69 Å². The highest BCUT2D eigenvalue weighted by molar-refractivity contribution is 7.09. The van der Waals surface area contributed by atoms with Crippen LogP contribution in [0.15, 0.2) is 29.6 Å². The zero-order chi connectivity index (χ0) is 14.7. The molecule has 2 heterocycles. The number of thiophene rings is 1. The molecule has 21 heavy (non-hydrogen) atoms. The molecule has 0 fully saturated rings. The van der Waals surface area contributed by atoms with Crippen LogP contribution in [0.25, 0.3) is 0 Å². The van der Waals surface area contributed by atoms with Gasteiger partial charge in [0.15, 0.2) is 11.5 Å². The molecule has 0 unspecified atom stereocenters. The van der Waals surface area contributed by atoms with Crippen molar-refractivity contribution in [1.29, 1.82) is 0 Å². The van der Waals surface area contributed by atoms with Crippen molar-refractivity contribution < 1.29 is 19.4 Å². The lowest BCUT2D eigenvalue weighted by Gasteiger charge is -2.16. The first-order valence-corrected chi connectivity index (χ1v) is 7.53. The first-order chi connectivity index (χ1) is 10.2. The van der Waals surface area contributed by atoms with Gasteiger partial charge in [0.05, 0.1) is 19.2 Å². The number of anilines is 1. The van der Waals surface area contributed by atoms with Crippen LogP contribution in [0.5, 0.6) is 11.5 Å². The molecule has 1 aliphatic rings. The maximum absolute atomic E-state index is 11.3. The lowest BCUT2D eigenvalue weighted by molar-refractivity contribution is -0.254. The Morgan fingerprint density at radius 2 is 2.05 bits per heavy atom. The molecule has 1 aliphatic heterocycles. The van der Waals surface area contributed by atoms with Gasteiger partial charge in [0.2, 0.25) is 0 Å².